The molecule has 0 saturated carbocycles. The molecule has 1 heterocycles. The van der Waals surface area contributed by atoms with Crippen molar-refractivity contribution in [1.29, 1.82) is 0 Å². The predicted molar refractivity (Wildman–Crippen MR) is 82.5 cm³/mol. The highest BCUT2D eigenvalue weighted by atomic mass is 32.1. The first-order chi connectivity index (χ1) is 10.6. The van der Waals surface area contributed by atoms with Gasteiger partial charge in [0.1, 0.15) is 10.8 Å². The third kappa shape index (κ3) is 4.70. The smallest absolute Gasteiger partial charge is 0.226 e. The fraction of sp³-hybridized carbons (Fsp3) is 0.333. The van der Waals surface area contributed by atoms with Crippen LogP contribution in [-0.4, -0.2) is 21.9 Å². The van der Waals surface area contributed by atoms with Crippen LogP contribution in [0, 0.1) is 5.82 Å². The molecule has 2 rings (SSSR count). The Kier molecular flexibility index (Phi) is 5.71. The van der Waals surface area contributed by atoms with Crippen LogP contribution in [0.5, 0.6) is 0 Å². The average molecular weight is 321 g/mol. The van der Waals surface area contributed by atoms with Crippen molar-refractivity contribution in [2.24, 2.45) is 0 Å². The molecule has 5 nitrogen and oxygen atoms in total. The maximum Gasteiger partial charge on any atom is 0.226 e. The van der Waals surface area contributed by atoms with E-state index in [1.165, 1.54) is 35.6 Å². The number of rotatable bonds is 7. The largest absolute Gasteiger partial charge is 0.301 e. The number of hydrogen-bond acceptors (Lipinski definition) is 5. The van der Waals surface area contributed by atoms with Crippen LogP contribution in [0.15, 0.2) is 24.3 Å². The van der Waals surface area contributed by atoms with E-state index < -0.39 is 5.82 Å². The quantitative estimate of drug-likeness (QED) is 0.795. The van der Waals surface area contributed by atoms with E-state index in [0.717, 1.165) is 17.8 Å². The fourth-order valence-corrected chi connectivity index (χ4v) is 2.67. The van der Waals surface area contributed by atoms with Crippen molar-refractivity contribution in [3.05, 3.63) is 40.7 Å². The third-order valence-corrected chi connectivity index (χ3v) is 3.82. The van der Waals surface area contributed by atoms with Gasteiger partial charge in [-0.1, -0.05) is 18.3 Å². The number of nitrogens with zero attached hydrogens (tertiary/aromatic N) is 2. The molecule has 1 aromatic carbocycles. The van der Waals surface area contributed by atoms with Crippen LogP contribution in [0.1, 0.15) is 41.6 Å². The molecule has 0 fully saturated rings. The summed E-state index contributed by atoms with van der Waals surface area (Å²) in [5, 5.41) is 11.8. The molecule has 2 aromatic rings. The van der Waals surface area contributed by atoms with Gasteiger partial charge in [-0.25, -0.2) is 4.39 Å². The molecule has 1 amide bonds. The molecular weight excluding hydrogens is 305 g/mol. The molecule has 0 unspecified atom stereocenters. The summed E-state index contributed by atoms with van der Waals surface area (Å²) >= 11 is 1.34. The van der Waals surface area contributed by atoms with E-state index in [1.54, 1.807) is 0 Å². The Morgan fingerprint density at radius 2 is 1.91 bits per heavy atom. The Morgan fingerprint density at radius 3 is 2.59 bits per heavy atom. The summed E-state index contributed by atoms with van der Waals surface area (Å²) in [6, 6.07) is 5.28. The van der Waals surface area contributed by atoms with E-state index in [9.17, 15) is 14.0 Å². The molecule has 0 saturated heterocycles. The number of aryl methyl sites for hydroxylation is 1. The molecule has 0 aliphatic rings. The Balaban J connectivity index is 1.81. The van der Waals surface area contributed by atoms with Crippen molar-refractivity contribution in [2.45, 2.75) is 32.6 Å². The van der Waals surface area contributed by atoms with Crippen LogP contribution < -0.4 is 5.32 Å². The van der Waals surface area contributed by atoms with E-state index in [4.69, 9.17) is 0 Å². The summed E-state index contributed by atoms with van der Waals surface area (Å²) in [5.74, 6) is -0.873. The Morgan fingerprint density at radius 1 is 1.18 bits per heavy atom. The minimum absolute atomic E-state index is 0.0545. The van der Waals surface area contributed by atoms with Crippen LogP contribution in [0.3, 0.4) is 0 Å². The first-order valence-corrected chi connectivity index (χ1v) is 7.81. The number of amides is 1. The first kappa shape index (κ1) is 16.2. The highest BCUT2D eigenvalue weighted by molar-refractivity contribution is 7.15. The van der Waals surface area contributed by atoms with Gasteiger partial charge in [0.05, 0.1) is 0 Å². The van der Waals surface area contributed by atoms with Crippen LogP contribution in [-0.2, 0) is 11.2 Å². The van der Waals surface area contributed by atoms with Gasteiger partial charge in [-0.2, -0.15) is 0 Å². The van der Waals surface area contributed by atoms with Crippen LogP contribution in [0.2, 0.25) is 0 Å². The zero-order valence-electron chi connectivity index (χ0n) is 12.1. The predicted octanol–water partition coefficient (Wildman–Crippen LogP) is 3.23. The SMILES string of the molecule is CCCc1nnc(NC(=O)CCC(=O)c2ccc(F)cc2)s1. The molecular formula is C15H16FN3O2S. The molecule has 0 bridgehead atoms. The summed E-state index contributed by atoms with van der Waals surface area (Å²) < 4.78 is 12.8. The van der Waals surface area contributed by atoms with Crippen molar-refractivity contribution >= 4 is 28.2 Å². The lowest BCUT2D eigenvalue weighted by molar-refractivity contribution is -0.116. The summed E-state index contributed by atoms with van der Waals surface area (Å²) in [5.41, 5.74) is 0.398. The van der Waals surface area contributed by atoms with E-state index in [-0.39, 0.29) is 24.5 Å². The average Bonchev–Trinajstić information content (AvgIpc) is 2.93. The van der Waals surface area contributed by atoms with Crippen molar-refractivity contribution in [2.75, 3.05) is 5.32 Å². The van der Waals surface area contributed by atoms with Crippen molar-refractivity contribution in [3.63, 3.8) is 0 Å². The topological polar surface area (TPSA) is 72.0 Å². The van der Waals surface area contributed by atoms with Gasteiger partial charge in [-0.05, 0) is 30.7 Å². The molecule has 1 aromatic heterocycles. The van der Waals surface area contributed by atoms with Crippen molar-refractivity contribution in [3.8, 4) is 0 Å². The molecule has 1 N–H and O–H groups in total. The Bertz CT molecular complexity index is 655. The standard InChI is InChI=1S/C15H16FN3O2S/c1-2-3-14-18-19-15(22-14)17-13(21)9-8-12(20)10-4-6-11(16)7-5-10/h4-7H,2-3,8-9H2,1H3,(H,17,19,21). The van der Waals surface area contributed by atoms with Crippen LogP contribution in [0.4, 0.5) is 9.52 Å². The van der Waals surface area contributed by atoms with E-state index in [0.29, 0.717) is 10.7 Å². The lowest BCUT2D eigenvalue weighted by atomic mass is 10.1. The summed E-state index contributed by atoms with van der Waals surface area (Å²) in [4.78, 5) is 23.7. The number of Topliss-reactive ketones (excluding diaryl/α,β-unsaturated/α-hetero) is 1. The number of hydrogen-bond donors (Lipinski definition) is 1. The number of aromatic nitrogens is 2. The van der Waals surface area contributed by atoms with E-state index in [1.807, 2.05) is 6.92 Å². The third-order valence-electron chi connectivity index (χ3n) is 2.92. The van der Waals surface area contributed by atoms with E-state index >= 15 is 0 Å². The minimum atomic E-state index is -0.395. The lowest BCUT2D eigenvalue weighted by Crippen LogP contribution is -2.13. The maximum absolute atomic E-state index is 12.8. The second kappa shape index (κ2) is 7.74. The van der Waals surface area contributed by atoms with Crippen LogP contribution in [0.25, 0.3) is 0 Å². The zero-order chi connectivity index (χ0) is 15.9. The molecule has 0 atom stereocenters. The van der Waals surface area contributed by atoms with Gasteiger partial charge >= 0.3 is 0 Å². The monoisotopic (exact) mass is 321 g/mol. The van der Waals surface area contributed by atoms with Crippen molar-refractivity contribution in [1.82, 2.24) is 10.2 Å². The molecule has 0 radical (unpaired) electrons. The van der Waals surface area contributed by atoms with Gasteiger partial charge < -0.3 is 5.32 Å². The number of anilines is 1. The zero-order valence-corrected chi connectivity index (χ0v) is 13.0. The summed E-state index contributed by atoms with van der Waals surface area (Å²) in [7, 11) is 0. The Labute approximate surface area is 131 Å². The van der Waals surface area contributed by atoms with Gasteiger partial charge in [0, 0.05) is 24.8 Å². The highest BCUT2D eigenvalue weighted by Crippen LogP contribution is 2.17. The molecule has 0 spiro atoms. The number of benzene rings is 1. The molecule has 116 valence electrons. The van der Waals surface area contributed by atoms with Gasteiger partial charge in [0.15, 0.2) is 5.78 Å². The van der Waals surface area contributed by atoms with Gasteiger partial charge in [-0.15, -0.1) is 10.2 Å². The maximum atomic E-state index is 12.8. The summed E-state index contributed by atoms with van der Waals surface area (Å²) in [6.45, 7) is 2.04. The fourth-order valence-electron chi connectivity index (χ4n) is 1.81. The second-order valence-corrected chi connectivity index (χ2v) is 5.79. The lowest BCUT2D eigenvalue weighted by Gasteiger charge is -2.01. The number of ketones is 1. The number of nitrogens with one attached hydrogen (secondary N) is 1. The second-order valence-electron chi connectivity index (χ2n) is 4.73. The minimum Gasteiger partial charge on any atom is -0.301 e. The van der Waals surface area contributed by atoms with Crippen molar-refractivity contribution < 1.29 is 14.0 Å². The summed E-state index contributed by atoms with van der Waals surface area (Å²) in [6.07, 6.45) is 1.92. The molecule has 22 heavy (non-hydrogen) atoms. The van der Waals surface area contributed by atoms with Gasteiger partial charge in [-0.3, -0.25) is 9.59 Å². The molecule has 7 heteroatoms. The van der Waals surface area contributed by atoms with Gasteiger partial charge in [0.2, 0.25) is 11.0 Å². The molecule has 0 aliphatic heterocycles. The van der Waals surface area contributed by atoms with E-state index in [2.05, 4.69) is 15.5 Å². The number of halogens is 1. The van der Waals surface area contributed by atoms with Gasteiger partial charge in [0.25, 0.3) is 0 Å². The Hall–Kier alpha value is -2.15. The number of carbonyl (C=O) groups is 2. The normalized spacial score (nSPS) is 10.5. The van der Waals surface area contributed by atoms with Crippen LogP contribution >= 0.6 is 11.3 Å². The highest BCUT2D eigenvalue weighted by Gasteiger charge is 2.11. The first-order valence-electron chi connectivity index (χ1n) is 6.99. The molecule has 0 aliphatic carbocycles. The number of carbonyl (C=O) groups excluding carboxylic acids is 2.